The van der Waals surface area contributed by atoms with Crippen molar-refractivity contribution in [1.82, 2.24) is 24.4 Å². The van der Waals surface area contributed by atoms with E-state index < -0.39 is 0 Å². The number of nitrogens with one attached hydrogen (secondary N) is 1. The van der Waals surface area contributed by atoms with Crippen molar-refractivity contribution < 1.29 is 9.59 Å². The molecule has 0 aliphatic carbocycles. The number of aromatic nitrogens is 3. The highest BCUT2D eigenvalue weighted by atomic mass is 16.2. The second kappa shape index (κ2) is 8.62. The smallest absolute Gasteiger partial charge is 0.276 e. The minimum Gasteiger partial charge on any atom is -0.343 e. The van der Waals surface area contributed by atoms with Crippen molar-refractivity contribution in [2.75, 3.05) is 19.6 Å². The van der Waals surface area contributed by atoms with Crippen molar-refractivity contribution in [3.8, 4) is 0 Å². The summed E-state index contributed by atoms with van der Waals surface area (Å²) in [6, 6.07) is 1.85. The highest BCUT2D eigenvalue weighted by molar-refractivity contribution is 5.78. The number of fused-ring (bicyclic) bond motifs is 1. The summed E-state index contributed by atoms with van der Waals surface area (Å²) in [7, 11) is 0. The Morgan fingerprint density at radius 3 is 2.80 bits per heavy atom. The fourth-order valence-corrected chi connectivity index (χ4v) is 4.82. The average Bonchev–Trinajstić information content (AvgIpc) is 3.34. The highest BCUT2D eigenvalue weighted by Gasteiger charge is 2.30. The van der Waals surface area contributed by atoms with Gasteiger partial charge in [-0.15, -0.1) is 0 Å². The summed E-state index contributed by atoms with van der Waals surface area (Å²) in [5.74, 6) is 0.326. The molecule has 0 bridgehead atoms. The minimum atomic E-state index is -0.0637. The molecule has 8 nitrogen and oxygen atoms in total. The monoisotopic (exact) mass is 413 g/mol. The standard InChI is InChI=1S/C22H31N5O3/c1-3-16-15(2)23-19-14-17(24-27(19)22(16)30)18-8-4-5-13-26(18)21(29)10-7-12-25-11-6-9-20(25)28/h14,18,24H,3-13H2,1-2H3. The van der Waals surface area contributed by atoms with Crippen LogP contribution >= 0.6 is 0 Å². The number of piperidine rings is 1. The van der Waals surface area contributed by atoms with Crippen LogP contribution in [0.1, 0.15) is 74.9 Å². The van der Waals surface area contributed by atoms with Gasteiger partial charge in [-0.05, 0) is 45.4 Å². The third kappa shape index (κ3) is 3.87. The Kier molecular flexibility index (Phi) is 5.92. The van der Waals surface area contributed by atoms with Gasteiger partial charge in [0.25, 0.3) is 5.56 Å². The number of aryl methyl sites for hydroxylation is 1. The first kappa shape index (κ1) is 20.6. The van der Waals surface area contributed by atoms with Crippen LogP contribution in [0.15, 0.2) is 10.9 Å². The molecule has 30 heavy (non-hydrogen) atoms. The summed E-state index contributed by atoms with van der Waals surface area (Å²) in [6.45, 7) is 6.03. The van der Waals surface area contributed by atoms with E-state index in [-0.39, 0.29) is 23.4 Å². The van der Waals surface area contributed by atoms with Gasteiger partial charge in [0.05, 0.1) is 11.7 Å². The molecular formula is C22H31N5O3. The van der Waals surface area contributed by atoms with E-state index in [1.807, 2.05) is 29.7 Å². The molecule has 2 aromatic rings. The molecule has 1 unspecified atom stereocenters. The molecular weight excluding hydrogens is 382 g/mol. The molecule has 4 rings (SSSR count). The van der Waals surface area contributed by atoms with Gasteiger partial charge in [-0.25, -0.2) is 9.50 Å². The van der Waals surface area contributed by atoms with Crippen molar-refractivity contribution >= 4 is 17.5 Å². The van der Waals surface area contributed by atoms with Crippen LogP contribution < -0.4 is 5.56 Å². The van der Waals surface area contributed by atoms with Gasteiger partial charge in [-0.3, -0.25) is 19.5 Å². The molecule has 2 fully saturated rings. The van der Waals surface area contributed by atoms with Gasteiger partial charge >= 0.3 is 0 Å². The third-order valence-electron chi connectivity index (χ3n) is 6.46. The van der Waals surface area contributed by atoms with E-state index in [1.54, 1.807) is 0 Å². The van der Waals surface area contributed by atoms with E-state index in [9.17, 15) is 14.4 Å². The zero-order chi connectivity index (χ0) is 21.3. The van der Waals surface area contributed by atoms with Crippen molar-refractivity contribution in [3.05, 3.63) is 33.4 Å². The Morgan fingerprint density at radius 2 is 2.07 bits per heavy atom. The number of likely N-dealkylation sites (tertiary alicyclic amines) is 2. The van der Waals surface area contributed by atoms with Crippen molar-refractivity contribution in [2.45, 2.75) is 71.3 Å². The van der Waals surface area contributed by atoms with E-state index in [0.717, 1.165) is 50.2 Å². The lowest BCUT2D eigenvalue weighted by atomic mass is 9.98. The number of rotatable bonds is 6. The zero-order valence-corrected chi connectivity index (χ0v) is 17.9. The van der Waals surface area contributed by atoms with Crippen LogP contribution in [-0.2, 0) is 16.0 Å². The second-order valence-electron chi connectivity index (χ2n) is 8.43. The predicted octanol–water partition coefficient (Wildman–Crippen LogP) is 2.35. The number of hydrogen-bond acceptors (Lipinski definition) is 4. The first-order chi connectivity index (χ1) is 14.5. The van der Waals surface area contributed by atoms with Crippen molar-refractivity contribution in [2.24, 2.45) is 0 Å². The van der Waals surface area contributed by atoms with Crippen LogP contribution in [0.25, 0.3) is 5.65 Å². The highest BCUT2D eigenvalue weighted by Crippen LogP contribution is 2.31. The zero-order valence-electron chi connectivity index (χ0n) is 17.9. The maximum atomic E-state index is 13.0. The minimum absolute atomic E-state index is 0.0600. The molecule has 2 aliphatic heterocycles. The first-order valence-electron chi connectivity index (χ1n) is 11.2. The molecule has 2 saturated heterocycles. The lowest BCUT2D eigenvalue weighted by molar-refractivity contribution is -0.136. The second-order valence-corrected chi connectivity index (χ2v) is 8.43. The fraction of sp³-hybridized carbons (Fsp3) is 0.636. The predicted molar refractivity (Wildman–Crippen MR) is 113 cm³/mol. The van der Waals surface area contributed by atoms with Gasteiger partial charge in [0, 0.05) is 49.8 Å². The topological polar surface area (TPSA) is 90.8 Å². The summed E-state index contributed by atoms with van der Waals surface area (Å²) in [6.07, 6.45) is 6.25. The van der Waals surface area contributed by atoms with E-state index >= 15 is 0 Å². The Morgan fingerprint density at radius 1 is 1.23 bits per heavy atom. The molecule has 0 saturated carbocycles. The van der Waals surface area contributed by atoms with Crippen molar-refractivity contribution in [1.29, 1.82) is 0 Å². The summed E-state index contributed by atoms with van der Waals surface area (Å²) < 4.78 is 1.51. The molecule has 4 heterocycles. The van der Waals surface area contributed by atoms with Crippen LogP contribution in [0.5, 0.6) is 0 Å². The van der Waals surface area contributed by atoms with Crippen LogP contribution in [0.2, 0.25) is 0 Å². The van der Waals surface area contributed by atoms with Crippen LogP contribution in [-0.4, -0.2) is 55.8 Å². The van der Waals surface area contributed by atoms with Gasteiger partial charge in [0.1, 0.15) is 0 Å². The molecule has 8 heteroatoms. The van der Waals surface area contributed by atoms with Gasteiger partial charge in [-0.1, -0.05) is 6.92 Å². The largest absolute Gasteiger partial charge is 0.343 e. The average molecular weight is 414 g/mol. The molecule has 0 spiro atoms. The molecule has 2 aromatic heterocycles. The number of aromatic amines is 1. The normalized spacial score (nSPS) is 19.8. The van der Waals surface area contributed by atoms with Crippen LogP contribution in [0.3, 0.4) is 0 Å². The van der Waals surface area contributed by atoms with Gasteiger partial charge in [0.15, 0.2) is 5.65 Å². The van der Waals surface area contributed by atoms with Gasteiger partial charge < -0.3 is 9.80 Å². The number of nitrogens with zero attached hydrogens (tertiary/aromatic N) is 4. The van der Waals surface area contributed by atoms with E-state index in [2.05, 4.69) is 10.1 Å². The molecule has 162 valence electrons. The number of carbonyl (C=O) groups excluding carboxylic acids is 2. The Hall–Kier alpha value is -2.64. The first-order valence-corrected chi connectivity index (χ1v) is 11.2. The number of hydrogen-bond donors (Lipinski definition) is 1. The molecule has 0 radical (unpaired) electrons. The Labute approximate surface area is 176 Å². The molecule has 2 aliphatic rings. The Bertz CT molecular complexity index is 1010. The van der Waals surface area contributed by atoms with E-state index in [0.29, 0.717) is 43.4 Å². The lowest BCUT2D eigenvalue weighted by Gasteiger charge is -2.35. The van der Waals surface area contributed by atoms with E-state index in [4.69, 9.17) is 0 Å². The maximum absolute atomic E-state index is 13.0. The molecule has 2 amide bonds. The summed E-state index contributed by atoms with van der Waals surface area (Å²) in [5.41, 5.74) is 2.90. The van der Waals surface area contributed by atoms with Gasteiger partial charge in [-0.2, -0.15) is 0 Å². The summed E-state index contributed by atoms with van der Waals surface area (Å²) >= 11 is 0. The molecule has 1 N–H and O–H groups in total. The quantitative estimate of drug-likeness (QED) is 0.787. The molecule has 1 atom stereocenters. The third-order valence-corrected chi connectivity index (χ3v) is 6.46. The number of H-pyrrole nitrogens is 1. The van der Waals surface area contributed by atoms with E-state index in [1.165, 1.54) is 4.52 Å². The molecule has 0 aromatic carbocycles. The van der Waals surface area contributed by atoms with Crippen molar-refractivity contribution in [3.63, 3.8) is 0 Å². The number of carbonyl (C=O) groups is 2. The lowest BCUT2D eigenvalue weighted by Crippen LogP contribution is -2.39. The SMILES string of the molecule is CCc1c(C)nc2cc(C3CCCCN3C(=O)CCCN3CCCC3=O)[nH]n2c1=O. The summed E-state index contributed by atoms with van der Waals surface area (Å²) in [5, 5.41) is 3.22. The van der Waals surface area contributed by atoms with Gasteiger partial charge in [0.2, 0.25) is 11.8 Å². The maximum Gasteiger partial charge on any atom is 0.276 e. The van der Waals surface area contributed by atoms with Crippen LogP contribution in [0, 0.1) is 6.92 Å². The summed E-state index contributed by atoms with van der Waals surface area (Å²) in [4.78, 5) is 45.9. The van der Waals surface area contributed by atoms with Crippen LogP contribution in [0.4, 0.5) is 0 Å². The Balaban J connectivity index is 1.50. The number of amides is 2. The fourth-order valence-electron chi connectivity index (χ4n) is 4.82.